The van der Waals surface area contributed by atoms with Gasteiger partial charge in [-0.25, -0.2) is 9.78 Å². The van der Waals surface area contributed by atoms with Gasteiger partial charge in [-0.2, -0.15) is 0 Å². The van der Waals surface area contributed by atoms with Crippen LogP contribution in [0.15, 0.2) is 18.2 Å². The number of β-amino-alcohol motifs (C(OH)–C–C–N with tert-alkyl or cyclic N) is 1. The number of carbonyl (C=O) groups is 1. The number of benzene rings is 1. The average molecular weight is 303 g/mol. The molecule has 118 valence electrons. The van der Waals surface area contributed by atoms with E-state index in [9.17, 15) is 9.90 Å². The third-order valence-corrected chi connectivity index (χ3v) is 4.10. The molecule has 1 unspecified atom stereocenters. The number of aliphatic hydroxyl groups is 1. The molecule has 0 amide bonds. The number of carboxylic acids is 1. The summed E-state index contributed by atoms with van der Waals surface area (Å²) in [6, 6.07) is 5.06. The number of aliphatic hydroxyl groups excluding tert-OH is 1. The van der Waals surface area contributed by atoms with E-state index in [1.54, 1.807) is 12.1 Å². The lowest BCUT2D eigenvalue weighted by Crippen LogP contribution is -2.39. The molecule has 1 aromatic heterocycles. The molecule has 0 aliphatic carbocycles. The Hall–Kier alpha value is -2.08. The monoisotopic (exact) mass is 303 g/mol. The lowest BCUT2D eigenvalue weighted by atomic mass is 10.1. The number of rotatable bonds is 4. The standard InChI is InChI=1S/C16H21N3O3/c1-2-7-19-14-6-5-11(15(21)22)9-13(14)17-16(19)18-8-3-4-12(20)10-18/h5-6,9,12,20H,2-4,7-8,10H2,1H3,(H,21,22). The molecule has 6 heteroatoms. The Morgan fingerprint density at radius 1 is 1.45 bits per heavy atom. The molecular formula is C16H21N3O3. The Kier molecular flexibility index (Phi) is 4.02. The summed E-state index contributed by atoms with van der Waals surface area (Å²) in [5.74, 6) is -0.111. The maximum absolute atomic E-state index is 11.1. The van der Waals surface area contributed by atoms with Crippen molar-refractivity contribution < 1.29 is 15.0 Å². The summed E-state index contributed by atoms with van der Waals surface area (Å²) < 4.78 is 2.12. The van der Waals surface area contributed by atoms with Crippen molar-refractivity contribution >= 4 is 23.0 Å². The fourth-order valence-corrected chi connectivity index (χ4v) is 3.07. The van der Waals surface area contributed by atoms with Crippen molar-refractivity contribution in [1.82, 2.24) is 9.55 Å². The van der Waals surface area contributed by atoms with E-state index in [1.165, 1.54) is 0 Å². The zero-order valence-corrected chi connectivity index (χ0v) is 12.7. The van der Waals surface area contributed by atoms with E-state index in [-0.39, 0.29) is 11.7 Å². The van der Waals surface area contributed by atoms with Crippen molar-refractivity contribution in [3.8, 4) is 0 Å². The Morgan fingerprint density at radius 2 is 2.27 bits per heavy atom. The van der Waals surface area contributed by atoms with Crippen LogP contribution in [0, 0.1) is 0 Å². The molecule has 2 heterocycles. The predicted molar refractivity (Wildman–Crippen MR) is 84.4 cm³/mol. The predicted octanol–water partition coefficient (Wildman–Crippen LogP) is 2.11. The minimum atomic E-state index is -0.943. The highest BCUT2D eigenvalue weighted by Crippen LogP contribution is 2.26. The number of imidazole rings is 1. The first-order chi connectivity index (χ1) is 10.6. The summed E-state index contributed by atoms with van der Waals surface area (Å²) in [7, 11) is 0. The molecule has 1 saturated heterocycles. The summed E-state index contributed by atoms with van der Waals surface area (Å²) in [4.78, 5) is 17.9. The SMILES string of the molecule is CCCn1c(N2CCCC(O)C2)nc2cc(C(=O)O)ccc21. The highest BCUT2D eigenvalue weighted by Gasteiger charge is 2.23. The van der Waals surface area contributed by atoms with E-state index in [0.29, 0.717) is 12.1 Å². The van der Waals surface area contributed by atoms with Crippen LogP contribution in [0.5, 0.6) is 0 Å². The van der Waals surface area contributed by atoms with Crippen molar-refractivity contribution in [3.63, 3.8) is 0 Å². The Bertz CT molecular complexity index is 695. The van der Waals surface area contributed by atoms with Crippen molar-refractivity contribution in [3.05, 3.63) is 23.8 Å². The first kappa shape index (κ1) is 14.8. The van der Waals surface area contributed by atoms with E-state index in [1.807, 2.05) is 6.07 Å². The Balaban J connectivity index is 2.07. The lowest BCUT2D eigenvalue weighted by Gasteiger charge is -2.31. The van der Waals surface area contributed by atoms with E-state index in [0.717, 1.165) is 43.8 Å². The number of hydrogen-bond acceptors (Lipinski definition) is 4. The van der Waals surface area contributed by atoms with Gasteiger partial charge in [0.1, 0.15) is 0 Å². The zero-order valence-electron chi connectivity index (χ0n) is 12.7. The largest absolute Gasteiger partial charge is 0.478 e. The number of aromatic carboxylic acids is 1. The van der Waals surface area contributed by atoms with Gasteiger partial charge in [-0.3, -0.25) is 0 Å². The highest BCUT2D eigenvalue weighted by molar-refractivity contribution is 5.93. The van der Waals surface area contributed by atoms with Gasteiger partial charge in [-0.05, 0) is 37.5 Å². The van der Waals surface area contributed by atoms with Crippen LogP contribution in [0.25, 0.3) is 11.0 Å². The van der Waals surface area contributed by atoms with Gasteiger partial charge < -0.3 is 19.7 Å². The quantitative estimate of drug-likeness (QED) is 0.904. The van der Waals surface area contributed by atoms with E-state index >= 15 is 0 Å². The van der Waals surface area contributed by atoms with Crippen LogP contribution >= 0.6 is 0 Å². The summed E-state index contributed by atoms with van der Waals surface area (Å²) in [6.45, 7) is 4.38. The van der Waals surface area contributed by atoms with Crippen LogP contribution < -0.4 is 4.90 Å². The summed E-state index contributed by atoms with van der Waals surface area (Å²) in [5, 5.41) is 19.0. The second kappa shape index (κ2) is 5.96. The number of piperidine rings is 1. The Labute approximate surface area is 129 Å². The van der Waals surface area contributed by atoms with E-state index in [4.69, 9.17) is 5.11 Å². The molecule has 0 spiro atoms. The molecule has 22 heavy (non-hydrogen) atoms. The molecule has 3 rings (SSSR count). The Morgan fingerprint density at radius 3 is 2.95 bits per heavy atom. The first-order valence-electron chi connectivity index (χ1n) is 7.76. The maximum Gasteiger partial charge on any atom is 0.335 e. The van der Waals surface area contributed by atoms with Crippen molar-refractivity contribution in [2.24, 2.45) is 0 Å². The van der Waals surface area contributed by atoms with Crippen LogP contribution in [0.3, 0.4) is 0 Å². The number of fused-ring (bicyclic) bond motifs is 1. The van der Waals surface area contributed by atoms with Crippen LogP contribution in [0.2, 0.25) is 0 Å². The lowest BCUT2D eigenvalue weighted by molar-refractivity contribution is 0.0697. The van der Waals surface area contributed by atoms with Crippen molar-refractivity contribution in [2.75, 3.05) is 18.0 Å². The summed E-state index contributed by atoms with van der Waals surface area (Å²) in [6.07, 6.45) is 2.42. The van der Waals surface area contributed by atoms with Gasteiger partial charge >= 0.3 is 5.97 Å². The second-order valence-corrected chi connectivity index (χ2v) is 5.81. The molecule has 1 aliphatic rings. The summed E-state index contributed by atoms with van der Waals surface area (Å²) in [5.41, 5.74) is 1.89. The average Bonchev–Trinajstić information content (AvgIpc) is 2.86. The molecule has 1 fully saturated rings. The fraction of sp³-hybridized carbons (Fsp3) is 0.500. The number of hydrogen-bond donors (Lipinski definition) is 2. The number of anilines is 1. The highest BCUT2D eigenvalue weighted by atomic mass is 16.4. The molecule has 0 saturated carbocycles. The molecule has 2 aromatic rings. The molecule has 1 aromatic carbocycles. The van der Waals surface area contributed by atoms with Crippen molar-refractivity contribution in [2.45, 2.75) is 38.8 Å². The topological polar surface area (TPSA) is 78.6 Å². The molecule has 1 atom stereocenters. The van der Waals surface area contributed by atoms with Crippen LogP contribution in [0.1, 0.15) is 36.5 Å². The van der Waals surface area contributed by atoms with Gasteiger partial charge in [0.05, 0.1) is 22.7 Å². The van der Waals surface area contributed by atoms with Crippen LogP contribution in [-0.2, 0) is 6.54 Å². The minimum Gasteiger partial charge on any atom is -0.478 e. The smallest absolute Gasteiger partial charge is 0.335 e. The van der Waals surface area contributed by atoms with Gasteiger partial charge in [0, 0.05) is 19.6 Å². The fourth-order valence-electron chi connectivity index (χ4n) is 3.07. The molecule has 6 nitrogen and oxygen atoms in total. The summed E-state index contributed by atoms with van der Waals surface area (Å²) >= 11 is 0. The third kappa shape index (κ3) is 2.66. The number of carboxylic acid groups (broad SMARTS) is 1. The van der Waals surface area contributed by atoms with Gasteiger partial charge in [0.2, 0.25) is 5.95 Å². The normalized spacial score (nSPS) is 18.8. The second-order valence-electron chi connectivity index (χ2n) is 5.81. The zero-order chi connectivity index (χ0) is 15.7. The first-order valence-corrected chi connectivity index (χ1v) is 7.76. The molecule has 1 aliphatic heterocycles. The van der Waals surface area contributed by atoms with Crippen LogP contribution in [-0.4, -0.2) is 44.9 Å². The van der Waals surface area contributed by atoms with Gasteiger partial charge in [-0.15, -0.1) is 0 Å². The number of aromatic nitrogens is 2. The number of aryl methyl sites for hydroxylation is 1. The molecular weight excluding hydrogens is 282 g/mol. The van der Waals surface area contributed by atoms with E-state index in [2.05, 4.69) is 21.4 Å². The van der Waals surface area contributed by atoms with Crippen molar-refractivity contribution in [1.29, 1.82) is 0 Å². The molecule has 2 N–H and O–H groups in total. The van der Waals surface area contributed by atoms with Gasteiger partial charge in [0.15, 0.2) is 0 Å². The van der Waals surface area contributed by atoms with Gasteiger partial charge in [-0.1, -0.05) is 6.92 Å². The third-order valence-electron chi connectivity index (χ3n) is 4.10. The molecule has 0 bridgehead atoms. The maximum atomic E-state index is 11.1. The molecule has 0 radical (unpaired) electrons. The minimum absolute atomic E-state index is 0.249. The van der Waals surface area contributed by atoms with Gasteiger partial charge in [0.25, 0.3) is 0 Å². The number of nitrogens with zero attached hydrogens (tertiary/aromatic N) is 3. The van der Waals surface area contributed by atoms with E-state index < -0.39 is 5.97 Å². The van der Waals surface area contributed by atoms with Crippen LogP contribution in [0.4, 0.5) is 5.95 Å².